The molecule has 2 aromatic carbocycles. The molecule has 1 aliphatic heterocycles. The number of carbonyl (C=O) groups is 1. The van der Waals surface area contributed by atoms with Crippen molar-refractivity contribution in [3.63, 3.8) is 0 Å². The Hall–Kier alpha value is -2.90. The Kier molecular flexibility index (Phi) is 7.81. The Morgan fingerprint density at radius 1 is 1.14 bits per heavy atom. The topological polar surface area (TPSA) is 47.4 Å². The van der Waals surface area contributed by atoms with Crippen molar-refractivity contribution < 1.29 is 9.53 Å². The molecule has 1 aromatic heterocycles. The Morgan fingerprint density at radius 2 is 1.89 bits per heavy atom. The molecule has 2 aliphatic rings. The minimum Gasteiger partial charge on any atom is -0.493 e. The number of aromatic nitrogens is 2. The second-order valence-electron chi connectivity index (χ2n) is 10.2. The Bertz CT molecular complexity index is 1320. The largest absolute Gasteiger partial charge is 0.493 e. The van der Waals surface area contributed by atoms with Crippen LogP contribution in [0.3, 0.4) is 0 Å². The average molecular weight is 532 g/mol. The number of nitrogens with zero attached hydrogens (tertiary/aromatic N) is 3. The monoisotopic (exact) mass is 531 g/mol. The quantitative estimate of drug-likeness (QED) is 0.235. The van der Waals surface area contributed by atoms with Crippen LogP contribution in [-0.4, -0.2) is 37.6 Å². The van der Waals surface area contributed by atoms with Gasteiger partial charge in [-0.25, -0.2) is 4.68 Å². The molecule has 0 bridgehead atoms. The first-order valence-electron chi connectivity index (χ1n) is 13.1. The van der Waals surface area contributed by atoms with Crippen LogP contribution in [0.2, 0.25) is 0 Å². The first-order chi connectivity index (χ1) is 17.9. The van der Waals surface area contributed by atoms with Crippen molar-refractivity contribution in [2.45, 2.75) is 58.9 Å². The number of thioether (sulfide) groups is 1. The first kappa shape index (κ1) is 25.7. The van der Waals surface area contributed by atoms with Gasteiger partial charge in [0, 0.05) is 23.4 Å². The predicted molar refractivity (Wildman–Crippen MR) is 156 cm³/mol. The molecule has 192 valence electrons. The molecule has 0 N–H and O–H groups in total. The number of para-hydroxylation sites is 1. The van der Waals surface area contributed by atoms with Crippen molar-refractivity contribution >= 4 is 40.3 Å². The zero-order valence-electron chi connectivity index (χ0n) is 21.6. The lowest BCUT2D eigenvalue weighted by molar-refractivity contribution is -0.124. The Morgan fingerprint density at radius 3 is 2.59 bits per heavy atom. The van der Waals surface area contributed by atoms with Crippen LogP contribution in [0.1, 0.15) is 57.1 Å². The van der Waals surface area contributed by atoms with Gasteiger partial charge in [0.1, 0.15) is 15.8 Å². The summed E-state index contributed by atoms with van der Waals surface area (Å²) in [6.07, 6.45) is 9.57. The van der Waals surface area contributed by atoms with Crippen LogP contribution in [0.4, 0.5) is 0 Å². The zero-order chi connectivity index (χ0) is 25.9. The summed E-state index contributed by atoms with van der Waals surface area (Å²) >= 11 is 7.07. The summed E-state index contributed by atoms with van der Waals surface area (Å²) in [5.41, 5.74) is 4.72. The normalized spacial score (nSPS) is 17.8. The predicted octanol–water partition coefficient (Wildman–Crippen LogP) is 7.42. The van der Waals surface area contributed by atoms with Crippen molar-refractivity contribution in [3.8, 4) is 22.7 Å². The maximum absolute atomic E-state index is 13.5. The van der Waals surface area contributed by atoms with Crippen LogP contribution < -0.4 is 4.74 Å². The van der Waals surface area contributed by atoms with Gasteiger partial charge in [0.2, 0.25) is 0 Å². The highest BCUT2D eigenvalue weighted by Gasteiger charge is 2.37. The number of hydrogen-bond acceptors (Lipinski definition) is 5. The summed E-state index contributed by atoms with van der Waals surface area (Å²) in [4.78, 5) is 16.0. The minimum atomic E-state index is 0.0222. The Balaban J connectivity index is 1.51. The number of thiocarbonyl (C=S) groups is 1. The second-order valence-corrected chi connectivity index (χ2v) is 11.9. The molecule has 0 atom stereocenters. The third-order valence-corrected chi connectivity index (χ3v) is 8.16. The van der Waals surface area contributed by atoms with Crippen LogP contribution in [0, 0.1) is 12.8 Å². The molecule has 1 saturated heterocycles. The molecular weight excluding hydrogens is 498 g/mol. The second kappa shape index (κ2) is 11.2. The summed E-state index contributed by atoms with van der Waals surface area (Å²) in [7, 11) is 0. The smallest absolute Gasteiger partial charge is 0.266 e. The molecule has 3 aromatic rings. The van der Waals surface area contributed by atoms with E-state index in [0.717, 1.165) is 59.5 Å². The van der Waals surface area contributed by atoms with E-state index in [9.17, 15) is 4.79 Å². The molecule has 7 heteroatoms. The van der Waals surface area contributed by atoms with Gasteiger partial charge in [0.15, 0.2) is 0 Å². The lowest BCUT2D eigenvalue weighted by Gasteiger charge is -2.29. The summed E-state index contributed by atoms with van der Waals surface area (Å²) in [6, 6.07) is 16.4. The molecule has 1 amide bonds. The molecule has 37 heavy (non-hydrogen) atoms. The van der Waals surface area contributed by atoms with Gasteiger partial charge >= 0.3 is 0 Å². The molecule has 0 unspecified atom stereocenters. The minimum absolute atomic E-state index is 0.0222. The number of rotatable bonds is 7. The highest BCUT2D eigenvalue weighted by molar-refractivity contribution is 8.26. The van der Waals surface area contributed by atoms with E-state index in [-0.39, 0.29) is 11.9 Å². The number of aryl methyl sites for hydroxylation is 1. The lowest BCUT2D eigenvalue weighted by Crippen LogP contribution is -2.39. The van der Waals surface area contributed by atoms with E-state index in [1.54, 1.807) is 0 Å². The molecular formula is C30H33N3O2S2. The number of amides is 1. The van der Waals surface area contributed by atoms with Gasteiger partial charge in [-0.2, -0.15) is 5.10 Å². The number of ether oxygens (including phenoxy) is 1. The molecule has 0 spiro atoms. The van der Waals surface area contributed by atoms with Crippen LogP contribution in [0.15, 0.2) is 59.6 Å². The van der Waals surface area contributed by atoms with Gasteiger partial charge < -0.3 is 4.74 Å². The van der Waals surface area contributed by atoms with Gasteiger partial charge in [-0.1, -0.05) is 75.3 Å². The maximum Gasteiger partial charge on any atom is 0.266 e. The van der Waals surface area contributed by atoms with Crippen molar-refractivity contribution in [3.05, 3.63) is 70.8 Å². The van der Waals surface area contributed by atoms with E-state index >= 15 is 0 Å². The van der Waals surface area contributed by atoms with E-state index in [2.05, 4.69) is 26.8 Å². The first-order valence-corrected chi connectivity index (χ1v) is 14.3. The molecule has 1 aliphatic carbocycles. The molecule has 5 nitrogen and oxygen atoms in total. The van der Waals surface area contributed by atoms with Crippen molar-refractivity contribution in [1.82, 2.24) is 14.7 Å². The van der Waals surface area contributed by atoms with Crippen LogP contribution in [0.5, 0.6) is 5.75 Å². The average Bonchev–Trinajstić information content (AvgIpc) is 3.44. The summed E-state index contributed by atoms with van der Waals surface area (Å²) in [6.45, 7) is 7.02. The van der Waals surface area contributed by atoms with E-state index in [4.69, 9.17) is 22.1 Å². The van der Waals surface area contributed by atoms with E-state index in [1.807, 2.05) is 64.3 Å². The van der Waals surface area contributed by atoms with E-state index < -0.39 is 0 Å². The SMILES string of the molecule is Cc1cc(-c2nn(-c3ccccc3)cc2/C=C2\SC(=S)N(C3CCCCC3)C2=O)ccc1OCC(C)C. The summed E-state index contributed by atoms with van der Waals surface area (Å²) in [5, 5.41) is 4.95. The molecule has 1 saturated carbocycles. The third kappa shape index (κ3) is 5.68. The fraction of sp³-hybridized carbons (Fsp3) is 0.367. The number of benzene rings is 2. The van der Waals surface area contributed by atoms with Gasteiger partial charge in [-0.05, 0) is 67.7 Å². The van der Waals surface area contributed by atoms with Gasteiger partial charge in [0.25, 0.3) is 5.91 Å². The van der Waals surface area contributed by atoms with E-state index in [0.29, 0.717) is 21.8 Å². The van der Waals surface area contributed by atoms with Gasteiger partial charge in [0.05, 0.1) is 17.2 Å². The van der Waals surface area contributed by atoms with E-state index in [1.165, 1.54) is 18.2 Å². The van der Waals surface area contributed by atoms with Crippen LogP contribution in [0.25, 0.3) is 23.0 Å². The highest BCUT2D eigenvalue weighted by atomic mass is 32.2. The van der Waals surface area contributed by atoms with Crippen LogP contribution >= 0.6 is 24.0 Å². The molecule has 2 fully saturated rings. The van der Waals surface area contributed by atoms with Gasteiger partial charge in [-0.15, -0.1) is 0 Å². The highest BCUT2D eigenvalue weighted by Crippen LogP contribution is 2.39. The Labute approximate surface area is 228 Å². The lowest BCUT2D eigenvalue weighted by atomic mass is 9.94. The third-order valence-electron chi connectivity index (χ3n) is 6.83. The standard InChI is InChI=1S/C30H33N3O2S2/c1-20(2)19-35-26-15-14-22(16-21(26)3)28-23(18-32(31-28)24-10-6-4-7-11-24)17-27-29(34)33(30(36)37-27)25-12-8-5-9-13-25/h4,6-7,10-11,14-18,20,25H,5,8-9,12-13,19H2,1-3H3/b27-17-. The molecule has 5 rings (SSSR count). The summed E-state index contributed by atoms with van der Waals surface area (Å²) < 4.78 is 8.54. The fourth-order valence-corrected chi connectivity index (χ4v) is 6.31. The van der Waals surface area contributed by atoms with Crippen molar-refractivity contribution in [2.75, 3.05) is 6.61 Å². The van der Waals surface area contributed by atoms with Gasteiger partial charge in [-0.3, -0.25) is 9.69 Å². The van der Waals surface area contributed by atoms with Crippen molar-refractivity contribution in [2.24, 2.45) is 5.92 Å². The molecule has 0 radical (unpaired) electrons. The number of hydrogen-bond donors (Lipinski definition) is 0. The maximum atomic E-state index is 13.5. The zero-order valence-corrected chi connectivity index (χ0v) is 23.3. The molecule has 2 heterocycles. The number of carbonyl (C=O) groups excluding carboxylic acids is 1. The summed E-state index contributed by atoms with van der Waals surface area (Å²) in [5.74, 6) is 1.36. The van der Waals surface area contributed by atoms with Crippen molar-refractivity contribution in [1.29, 1.82) is 0 Å². The van der Waals surface area contributed by atoms with Crippen LogP contribution in [-0.2, 0) is 4.79 Å². The fourth-order valence-electron chi connectivity index (χ4n) is 4.92.